The van der Waals surface area contributed by atoms with Crippen molar-refractivity contribution >= 4 is 31.8 Å². The van der Waals surface area contributed by atoms with Gasteiger partial charge in [-0.3, -0.25) is 0 Å². The van der Waals surface area contributed by atoms with E-state index in [0.717, 1.165) is 0 Å². The second-order valence-electron chi connectivity index (χ2n) is 2.74. The molecule has 0 atom stereocenters. The first-order valence-corrected chi connectivity index (χ1v) is 6.62. The SMILES string of the molecule is CCNc1ncc(Br)cc1S(=O)(=O)NC. The number of halogens is 1. The van der Waals surface area contributed by atoms with Crippen LogP contribution < -0.4 is 10.0 Å². The summed E-state index contributed by atoms with van der Waals surface area (Å²) >= 11 is 3.19. The van der Waals surface area contributed by atoms with E-state index in [-0.39, 0.29) is 4.90 Å². The Bertz CT molecular complexity index is 447. The fraction of sp³-hybridized carbons (Fsp3) is 0.375. The van der Waals surface area contributed by atoms with E-state index in [4.69, 9.17) is 0 Å². The minimum absolute atomic E-state index is 0.140. The zero-order chi connectivity index (χ0) is 11.5. The molecule has 84 valence electrons. The minimum Gasteiger partial charge on any atom is -0.369 e. The average molecular weight is 294 g/mol. The summed E-state index contributed by atoms with van der Waals surface area (Å²) in [5, 5.41) is 2.89. The van der Waals surface area contributed by atoms with E-state index in [9.17, 15) is 8.42 Å². The Morgan fingerprint density at radius 1 is 1.53 bits per heavy atom. The molecule has 1 heterocycles. The summed E-state index contributed by atoms with van der Waals surface area (Å²) in [5.74, 6) is 0.357. The summed E-state index contributed by atoms with van der Waals surface area (Å²) in [5.41, 5.74) is 0. The van der Waals surface area contributed by atoms with Gasteiger partial charge in [0, 0.05) is 17.2 Å². The average Bonchev–Trinajstić information content (AvgIpc) is 2.21. The number of hydrogen-bond donors (Lipinski definition) is 2. The van der Waals surface area contributed by atoms with Crippen molar-refractivity contribution in [3.05, 3.63) is 16.7 Å². The van der Waals surface area contributed by atoms with Gasteiger partial charge in [-0.05, 0) is 36.0 Å². The second-order valence-corrected chi connectivity index (χ2v) is 5.51. The number of aromatic nitrogens is 1. The van der Waals surface area contributed by atoms with E-state index in [0.29, 0.717) is 16.8 Å². The molecule has 1 rings (SSSR count). The van der Waals surface area contributed by atoms with Crippen LogP contribution in [0.4, 0.5) is 5.82 Å². The predicted molar refractivity (Wildman–Crippen MR) is 62.3 cm³/mol. The van der Waals surface area contributed by atoms with Crippen LogP contribution in [0.2, 0.25) is 0 Å². The van der Waals surface area contributed by atoms with E-state index >= 15 is 0 Å². The summed E-state index contributed by atoms with van der Waals surface area (Å²) in [6.07, 6.45) is 1.55. The lowest BCUT2D eigenvalue weighted by molar-refractivity contribution is 0.588. The molecule has 0 bridgehead atoms. The molecule has 0 aromatic carbocycles. The molecule has 0 unspecified atom stereocenters. The van der Waals surface area contributed by atoms with Crippen LogP contribution >= 0.6 is 15.9 Å². The Balaban J connectivity index is 3.31. The Labute approximate surface area is 97.5 Å². The molecule has 1 aromatic heterocycles. The Morgan fingerprint density at radius 2 is 2.20 bits per heavy atom. The van der Waals surface area contributed by atoms with Gasteiger partial charge in [-0.25, -0.2) is 18.1 Å². The number of nitrogens with zero attached hydrogens (tertiary/aromatic N) is 1. The summed E-state index contributed by atoms with van der Waals surface area (Å²) in [6, 6.07) is 1.51. The van der Waals surface area contributed by atoms with Crippen LogP contribution in [0.15, 0.2) is 21.6 Å². The van der Waals surface area contributed by atoms with Crippen LogP contribution in [0.3, 0.4) is 0 Å². The van der Waals surface area contributed by atoms with E-state index in [1.165, 1.54) is 13.1 Å². The van der Waals surface area contributed by atoms with Crippen molar-refractivity contribution in [2.75, 3.05) is 18.9 Å². The third-order valence-electron chi connectivity index (χ3n) is 1.72. The van der Waals surface area contributed by atoms with Crippen molar-refractivity contribution in [2.24, 2.45) is 0 Å². The molecule has 0 spiro atoms. The van der Waals surface area contributed by atoms with Crippen LogP contribution in [0, 0.1) is 0 Å². The number of hydrogen-bond acceptors (Lipinski definition) is 4. The van der Waals surface area contributed by atoms with Crippen molar-refractivity contribution in [3.63, 3.8) is 0 Å². The van der Waals surface area contributed by atoms with E-state index in [2.05, 4.69) is 31.0 Å². The number of nitrogens with one attached hydrogen (secondary N) is 2. The fourth-order valence-electron chi connectivity index (χ4n) is 1.04. The van der Waals surface area contributed by atoms with Crippen LogP contribution in [0.1, 0.15) is 6.92 Å². The van der Waals surface area contributed by atoms with Gasteiger partial charge in [0.25, 0.3) is 0 Å². The number of pyridine rings is 1. The van der Waals surface area contributed by atoms with Gasteiger partial charge in [0.2, 0.25) is 10.0 Å². The van der Waals surface area contributed by atoms with Crippen molar-refractivity contribution in [2.45, 2.75) is 11.8 Å². The Hall–Kier alpha value is -0.660. The van der Waals surface area contributed by atoms with Crippen molar-refractivity contribution in [1.29, 1.82) is 0 Å². The third-order valence-corrected chi connectivity index (χ3v) is 3.58. The fourth-order valence-corrected chi connectivity index (χ4v) is 2.40. The molecule has 7 heteroatoms. The normalized spacial score (nSPS) is 11.4. The summed E-state index contributed by atoms with van der Waals surface area (Å²) in [4.78, 5) is 4.15. The van der Waals surface area contributed by atoms with Gasteiger partial charge in [-0.15, -0.1) is 0 Å². The van der Waals surface area contributed by atoms with E-state index in [1.54, 1.807) is 6.20 Å². The first-order chi connectivity index (χ1) is 7.01. The number of anilines is 1. The molecule has 0 aliphatic carbocycles. The molecule has 0 aliphatic rings. The van der Waals surface area contributed by atoms with Gasteiger partial charge < -0.3 is 5.32 Å². The maximum absolute atomic E-state index is 11.6. The molecular formula is C8H12BrN3O2S. The smallest absolute Gasteiger partial charge is 0.244 e. The Kier molecular flexibility index (Phi) is 4.06. The highest BCUT2D eigenvalue weighted by Crippen LogP contribution is 2.22. The van der Waals surface area contributed by atoms with Crippen molar-refractivity contribution in [3.8, 4) is 0 Å². The molecule has 0 fully saturated rings. The molecule has 15 heavy (non-hydrogen) atoms. The minimum atomic E-state index is -3.48. The maximum atomic E-state index is 11.6. The van der Waals surface area contributed by atoms with Crippen molar-refractivity contribution in [1.82, 2.24) is 9.71 Å². The lowest BCUT2D eigenvalue weighted by atomic mass is 10.4. The largest absolute Gasteiger partial charge is 0.369 e. The lowest BCUT2D eigenvalue weighted by Gasteiger charge is -2.09. The molecule has 0 saturated carbocycles. The number of rotatable bonds is 4. The third kappa shape index (κ3) is 2.90. The predicted octanol–water partition coefficient (Wildman–Crippen LogP) is 1.18. The molecule has 0 amide bonds. The first kappa shape index (κ1) is 12.4. The summed E-state index contributed by atoms with van der Waals surface area (Å²) < 4.78 is 26.2. The van der Waals surface area contributed by atoms with E-state index < -0.39 is 10.0 Å². The molecule has 0 radical (unpaired) electrons. The number of sulfonamides is 1. The molecule has 0 saturated heterocycles. The van der Waals surface area contributed by atoms with E-state index in [1.807, 2.05) is 6.92 Å². The van der Waals surface area contributed by atoms with Crippen molar-refractivity contribution < 1.29 is 8.42 Å². The summed E-state index contributed by atoms with van der Waals surface area (Å²) in [6.45, 7) is 2.49. The zero-order valence-corrected chi connectivity index (χ0v) is 10.8. The quantitative estimate of drug-likeness (QED) is 0.875. The Morgan fingerprint density at radius 3 is 2.73 bits per heavy atom. The molecule has 2 N–H and O–H groups in total. The molecule has 5 nitrogen and oxygen atoms in total. The van der Waals surface area contributed by atoms with Crippen LogP contribution in [0.5, 0.6) is 0 Å². The highest BCUT2D eigenvalue weighted by molar-refractivity contribution is 9.10. The topological polar surface area (TPSA) is 71.1 Å². The highest BCUT2D eigenvalue weighted by atomic mass is 79.9. The van der Waals surface area contributed by atoms with Gasteiger partial charge in [-0.1, -0.05) is 0 Å². The molecule has 0 aliphatic heterocycles. The maximum Gasteiger partial charge on any atom is 0.244 e. The highest BCUT2D eigenvalue weighted by Gasteiger charge is 2.17. The second kappa shape index (κ2) is 4.91. The van der Waals surface area contributed by atoms with Gasteiger partial charge in [0.05, 0.1) is 0 Å². The van der Waals surface area contributed by atoms with Gasteiger partial charge in [0.1, 0.15) is 10.7 Å². The van der Waals surface area contributed by atoms with Crippen LogP contribution in [0.25, 0.3) is 0 Å². The summed E-state index contributed by atoms with van der Waals surface area (Å²) in [7, 11) is -2.11. The van der Waals surface area contributed by atoms with Crippen LogP contribution in [-0.4, -0.2) is 27.0 Å². The van der Waals surface area contributed by atoms with Gasteiger partial charge in [0.15, 0.2) is 0 Å². The molecular weight excluding hydrogens is 282 g/mol. The van der Waals surface area contributed by atoms with Gasteiger partial charge in [-0.2, -0.15) is 0 Å². The monoisotopic (exact) mass is 293 g/mol. The zero-order valence-electron chi connectivity index (χ0n) is 8.41. The first-order valence-electron chi connectivity index (χ1n) is 4.34. The van der Waals surface area contributed by atoms with Crippen LogP contribution in [-0.2, 0) is 10.0 Å². The lowest BCUT2D eigenvalue weighted by Crippen LogP contribution is -2.20. The van der Waals surface area contributed by atoms with Gasteiger partial charge >= 0.3 is 0 Å². The standard InChI is InChI=1S/C8H12BrN3O2S/c1-3-11-8-7(15(13,14)10-2)4-6(9)5-12-8/h4-5,10H,3H2,1-2H3,(H,11,12). The molecule has 1 aromatic rings.